The lowest BCUT2D eigenvalue weighted by molar-refractivity contribution is -0.534. The molecule has 4 aromatic carbocycles. The second-order valence-electron chi connectivity index (χ2n) is 32.7. The summed E-state index contributed by atoms with van der Waals surface area (Å²) in [6.45, 7) is 65.2. The van der Waals surface area contributed by atoms with Crippen molar-refractivity contribution in [2.45, 2.75) is 320 Å². The number of rotatable bonds is 19. The van der Waals surface area contributed by atoms with Gasteiger partial charge >= 0.3 is 5.97 Å². The zero-order chi connectivity index (χ0) is 73.2. The molecule has 0 aromatic heterocycles. The van der Waals surface area contributed by atoms with Gasteiger partial charge in [-0.2, -0.15) is 34.2 Å². The molecule has 0 aliphatic carbocycles. The van der Waals surface area contributed by atoms with Gasteiger partial charge in [0.1, 0.15) is 22.4 Å². The zero-order valence-electron chi connectivity index (χ0n) is 64.2. The van der Waals surface area contributed by atoms with Gasteiger partial charge in [0.2, 0.25) is 25.7 Å². The first kappa shape index (κ1) is 89.9. The van der Waals surface area contributed by atoms with Gasteiger partial charge in [0.15, 0.2) is 0 Å². The molecular formula is C74H126O19Si. The minimum Gasteiger partial charge on any atom is -0.292 e. The highest BCUT2D eigenvalue weighted by atomic mass is 28.4. The molecule has 0 saturated carbocycles. The summed E-state index contributed by atoms with van der Waals surface area (Å²) in [5.74, 6) is -3.62. The summed E-state index contributed by atoms with van der Waals surface area (Å²) in [6, 6.07) is 39.0. The third-order valence-corrected chi connectivity index (χ3v) is 11.6. The molecule has 0 N–H and O–H groups in total. The van der Waals surface area contributed by atoms with Gasteiger partial charge in [-0.25, -0.2) is 48.8 Å². The van der Waals surface area contributed by atoms with Crippen LogP contribution in [0, 0.1) is 0 Å². The molecule has 540 valence electrons. The highest BCUT2D eigenvalue weighted by Gasteiger charge is 2.38. The fourth-order valence-electron chi connectivity index (χ4n) is 5.94. The van der Waals surface area contributed by atoms with Crippen molar-refractivity contribution >= 4 is 14.3 Å². The first-order chi connectivity index (χ1) is 42.2. The molecule has 0 atom stereocenters. The highest BCUT2D eigenvalue weighted by molar-refractivity contribution is 6.69. The Morgan fingerprint density at radius 3 is 0.777 bits per heavy atom. The molecule has 20 heteroatoms. The van der Waals surface area contributed by atoms with Gasteiger partial charge < -0.3 is 0 Å². The SMILES string of the molecule is CC(C)(C)OOC(=O)c1ccccc1.CC(C)(C)OOC(C)(C)C.CC(C)(C)OOC(C)(C)CCC(C)(C)OOC(C)(C)C.CC(C)(OOC(C)(C)c1ccccc1)c1ccccc1.CC(C)(OO[Si](C)(C)C)c1ccccc1.CC1(C)OOC(C)(C)OOC(C)(C)OO1. The predicted molar refractivity (Wildman–Crippen MR) is 370 cm³/mol. The van der Waals surface area contributed by atoms with Crippen LogP contribution in [0.2, 0.25) is 19.6 Å². The maximum absolute atomic E-state index is 11.3. The van der Waals surface area contributed by atoms with Gasteiger partial charge in [-0.3, -0.25) is 9.46 Å². The van der Waals surface area contributed by atoms with Crippen LogP contribution in [-0.2, 0) is 104 Å². The Labute approximate surface area is 568 Å². The van der Waals surface area contributed by atoms with Gasteiger partial charge in [0, 0.05) is 0 Å². The minimum absolute atomic E-state index is 0.215. The van der Waals surface area contributed by atoms with Crippen molar-refractivity contribution in [1.29, 1.82) is 0 Å². The summed E-state index contributed by atoms with van der Waals surface area (Å²) < 4.78 is 5.49. The third kappa shape index (κ3) is 46.9. The number of carbonyl (C=O) groups is 1. The molecule has 0 amide bonds. The van der Waals surface area contributed by atoms with E-state index in [1.54, 1.807) is 65.8 Å². The van der Waals surface area contributed by atoms with E-state index in [-0.39, 0.29) is 39.2 Å². The summed E-state index contributed by atoms with van der Waals surface area (Å²) in [5.41, 5.74) is 0.156. The van der Waals surface area contributed by atoms with Crippen LogP contribution < -0.4 is 0 Å². The molecule has 0 radical (unpaired) electrons. The Balaban J connectivity index is 0.00000112. The van der Waals surface area contributed by atoms with Crippen LogP contribution in [0.25, 0.3) is 0 Å². The molecule has 5 rings (SSSR count). The fourth-order valence-corrected chi connectivity index (χ4v) is 6.40. The van der Waals surface area contributed by atoms with E-state index in [0.717, 1.165) is 29.5 Å². The Hall–Kier alpha value is -4.11. The lowest BCUT2D eigenvalue weighted by atomic mass is 9.94. The molecule has 1 aliphatic heterocycles. The molecule has 0 bridgehead atoms. The summed E-state index contributed by atoms with van der Waals surface area (Å²) in [6.07, 6.45) is 1.62. The number of benzene rings is 4. The van der Waals surface area contributed by atoms with Crippen molar-refractivity contribution in [1.82, 2.24) is 0 Å². The minimum atomic E-state index is -1.62. The normalized spacial score (nSPS) is 15.7. The van der Waals surface area contributed by atoms with E-state index < -0.39 is 48.5 Å². The van der Waals surface area contributed by atoms with Crippen LogP contribution >= 0.6 is 0 Å². The van der Waals surface area contributed by atoms with Crippen molar-refractivity contribution in [3.05, 3.63) is 144 Å². The molecule has 1 fully saturated rings. The molecule has 94 heavy (non-hydrogen) atoms. The average Bonchev–Trinajstić information content (AvgIpc) is 1.04. The van der Waals surface area contributed by atoms with Gasteiger partial charge in [0.05, 0.1) is 39.2 Å². The smallest absolute Gasteiger partial charge is 0.292 e. The maximum atomic E-state index is 11.3. The summed E-state index contributed by atoms with van der Waals surface area (Å²) in [5, 5.41) is 0. The van der Waals surface area contributed by atoms with Crippen LogP contribution in [0.15, 0.2) is 121 Å². The quantitative estimate of drug-likeness (QED) is 0.0490. The highest BCUT2D eigenvalue weighted by Crippen LogP contribution is 2.33. The molecule has 0 unspecified atom stereocenters. The van der Waals surface area contributed by atoms with Crippen LogP contribution in [-0.4, -0.2) is 70.9 Å². The molecule has 0 spiro atoms. The zero-order valence-corrected chi connectivity index (χ0v) is 65.2. The third-order valence-electron chi connectivity index (χ3n) is 11.0. The lowest BCUT2D eigenvalue weighted by Crippen LogP contribution is -2.35. The summed E-state index contributed by atoms with van der Waals surface area (Å²) in [4.78, 5) is 100. The summed E-state index contributed by atoms with van der Waals surface area (Å²) in [7, 11) is -1.62. The lowest BCUT2D eigenvalue weighted by Gasteiger charge is -2.33. The van der Waals surface area contributed by atoms with Crippen molar-refractivity contribution in [2.24, 2.45) is 0 Å². The van der Waals surface area contributed by atoms with E-state index >= 15 is 0 Å². The van der Waals surface area contributed by atoms with E-state index in [1.165, 1.54) is 0 Å². The Morgan fingerprint density at radius 1 is 0.319 bits per heavy atom. The van der Waals surface area contributed by atoms with Crippen LogP contribution in [0.1, 0.15) is 255 Å². The van der Waals surface area contributed by atoms with Gasteiger partial charge in [-0.1, -0.05) is 109 Å². The van der Waals surface area contributed by atoms with Crippen LogP contribution in [0.4, 0.5) is 0 Å². The first-order valence-corrected chi connectivity index (χ1v) is 35.6. The second-order valence-corrected chi connectivity index (χ2v) is 37.1. The molecule has 1 heterocycles. The standard InChI is InChI=1S/C18H22O2.C16H34O4.C12H20O2Si.C11H14O3.C9H18O6.C8H18O2/c1-17(2,15-11-7-5-8-12-15)19-20-18(3,4)16-13-9-6-10-14-16;1-13(2,3)17-19-15(7,8)11-12-16(9,10)20-18-14(4,5)6;1-12(2,13-14-15(3,4)5)11-9-7-6-8-10-11;1-11(2,3)14-13-10(12)9-7-5-4-6-8-9;1-7(2)10-12-8(3,4)14-15-9(5,6)13-11-7;1-7(2,3)9-10-8(4,5)6/h5-14H,1-4H3;11-12H2,1-10H3;6-10H,1-5H3;4-8H,1-3H3;1-6H3;1-6H3. The molecule has 4 aromatic rings. The topological polar surface area (TPSA) is 183 Å². The van der Waals surface area contributed by atoms with Crippen molar-refractivity contribution in [2.75, 3.05) is 0 Å². The number of hydrogen-bond donors (Lipinski definition) is 0. The van der Waals surface area contributed by atoms with Crippen molar-refractivity contribution in [3.8, 4) is 0 Å². The van der Waals surface area contributed by atoms with Crippen molar-refractivity contribution < 1.29 is 92.5 Å². The molecule has 19 nitrogen and oxygen atoms in total. The monoisotopic (exact) mass is 1350 g/mol. The maximum Gasteiger partial charge on any atom is 0.373 e. The van der Waals surface area contributed by atoms with Gasteiger partial charge in [-0.15, -0.1) is 0 Å². The summed E-state index contributed by atoms with van der Waals surface area (Å²) >= 11 is 0. The predicted octanol–water partition coefficient (Wildman–Crippen LogP) is 20.5. The van der Waals surface area contributed by atoms with E-state index in [4.69, 9.17) is 82.8 Å². The first-order valence-electron chi connectivity index (χ1n) is 32.2. The van der Waals surface area contributed by atoms with Crippen LogP contribution in [0.3, 0.4) is 0 Å². The number of hydrogen-bond acceptors (Lipinski definition) is 19. The fraction of sp³-hybridized carbons (Fsp3) is 0.662. The molecule has 1 saturated heterocycles. The van der Waals surface area contributed by atoms with Crippen molar-refractivity contribution in [3.63, 3.8) is 0 Å². The van der Waals surface area contributed by atoms with E-state index in [9.17, 15) is 4.79 Å². The Kier molecular flexibility index (Phi) is 36.1. The van der Waals surface area contributed by atoms with Gasteiger partial charge in [0.25, 0.3) is 0 Å². The average molecular weight is 1350 g/mol. The van der Waals surface area contributed by atoms with E-state index in [0.29, 0.717) is 5.56 Å². The molecular weight excluding hydrogens is 1220 g/mol. The van der Waals surface area contributed by atoms with Crippen LogP contribution in [0.5, 0.6) is 0 Å². The number of carbonyl (C=O) groups excluding carboxylic acids is 1. The van der Waals surface area contributed by atoms with E-state index in [2.05, 4.69) is 24.5 Å². The van der Waals surface area contributed by atoms with E-state index in [1.807, 2.05) is 270 Å². The Morgan fingerprint density at radius 2 is 0.543 bits per heavy atom. The second kappa shape index (κ2) is 37.7. The Bertz CT molecular complexity index is 2500. The largest absolute Gasteiger partial charge is 0.373 e. The van der Waals surface area contributed by atoms with Gasteiger partial charge in [-0.05, 0) is 276 Å². The molecule has 1 aliphatic rings.